The van der Waals surface area contributed by atoms with Crippen molar-refractivity contribution in [1.82, 2.24) is 25.8 Å². The van der Waals surface area contributed by atoms with Gasteiger partial charge >= 0.3 is 5.97 Å². The standard InChI is InChI=1S/C26H37ClN6O4/c27-21-5-4-19(16-30-21)20(14-23(35)36)32-24(37)18-6-12-33(13-7-18)22(34)15-26(8-2-1-3-9-26)17-31-25-28-10-11-29-25/h4-5,16,18,20H,1-3,6-15,17H2,(H,32,37)(H,35,36)(H2,28,29,31)/t20-/m0/s1. The Bertz CT molecular complexity index is 987. The Morgan fingerprint density at radius 1 is 1.19 bits per heavy atom. The zero-order valence-corrected chi connectivity index (χ0v) is 21.9. The van der Waals surface area contributed by atoms with E-state index in [9.17, 15) is 19.5 Å². The fourth-order valence-electron chi connectivity index (χ4n) is 5.64. The highest BCUT2D eigenvalue weighted by atomic mass is 35.5. The lowest BCUT2D eigenvalue weighted by molar-refractivity contribution is -0.140. The van der Waals surface area contributed by atoms with Gasteiger partial charge in [-0.1, -0.05) is 36.9 Å². The molecule has 0 spiro atoms. The number of hydrogen-bond acceptors (Lipinski definition) is 7. The van der Waals surface area contributed by atoms with E-state index in [1.807, 2.05) is 4.90 Å². The van der Waals surface area contributed by atoms with Gasteiger partial charge in [0.05, 0.1) is 19.0 Å². The summed E-state index contributed by atoms with van der Waals surface area (Å²) in [6.07, 6.45) is 8.41. The smallest absolute Gasteiger partial charge is 0.305 e. The van der Waals surface area contributed by atoms with Crippen LogP contribution in [-0.4, -0.2) is 71.5 Å². The highest BCUT2D eigenvalue weighted by Crippen LogP contribution is 2.39. The molecular formula is C26H37ClN6O4. The minimum absolute atomic E-state index is 0.0625. The molecule has 1 saturated heterocycles. The Morgan fingerprint density at radius 3 is 2.57 bits per heavy atom. The second kappa shape index (κ2) is 12.6. The number of nitrogens with one attached hydrogen (secondary N) is 3. The summed E-state index contributed by atoms with van der Waals surface area (Å²) in [5, 5.41) is 19.2. The summed E-state index contributed by atoms with van der Waals surface area (Å²) in [5.74, 6) is -0.481. The van der Waals surface area contributed by atoms with Gasteiger partial charge in [-0.3, -0.25) is 19.4 Å². The SMILES string of the molecule is O=C(O)C[C@H](NC(=O)C1CCN(C(=O)CC2(CNC3=NCCN3)CCCCC2)CC1)c1ccc(Cl)nc1. The fraction of sp³-hybridized carbons (Fsp3) is 0.654. The minimum atomic E-state index is -1.01. The maximum atomic E-state index is 13.3. The van der Waals surface area contributed by atoms with Crippen molar-refractivity contribution < 1.29 is 19.5 Å². The van der Waals surface area contributed by atoms with Gasteiger partial charge in [-0.2, -0.15) is 0 Å². The number of carboxylic acids is 1. The molecule has 202 valence electrons. The first kappa shape index (κ1) is 27.2. The van der Waals surface area contributed by atoms with Crippen LogP contribution >= 0.6 is 11.6 Å². The van der Waals surface area contributed by atoms with Gasteiger partial charge in [0.2, 0.25) is 11.8 Å². The molecule has 2 amide bonds. The third kappa shape index (κ3) is 7.56. The number of hydrogen-bond donors (Lipinski definition) is 4. The Kier molecular flexibility index (Phi) is 9.23. The molecule has 4 N–H and O–H groups in total. The van der Waals surface area contributed by atoms with Crippen LogP contribution in [0.1, 0.15) is 69.4 Å². The van der Waals surface area contributed by atoms with Crippen molar-refractivity contribution in [1.29, 1.82) is 0 Å². The van der Waals surface area contributed by atoms with Gasteiger partial charge in [0.25, 0.3) is 0 Å². The summed E-state index contributed by atoms with van der Waals surface area (Å²) >= 11 is 5.85. The summed E-state index contributed by atoms with van der Waals surface area (Å²) in [7, 11) is 0. The molecular weight excluding hydrogens is 496 g/mol. The zero-order chi connectivity index (χ0) is 26.3. The number of rotatable bonds is 9. The Hall–Kier alpha value is -2.88. The molecule has 0 radical (unpaired) electrons. The van der Waals surface area contributed by atoms with Gasteiger partial charge in [0, 0.05) is 44.7 Å². The molecule has 2 fully saturated rings. The van der Waals surface area contributed by atoms with Crippen molar-refractivity contribution >= 4 is 35.3 Å². The van der Waals surface area contributed by atoms with Crippen molar-refractivity contribution in [2.75, 3.05) is 32.7 Å². The van der Waals surface area contributed by atoms with E-state index in [2.05, 4.69) is 25.9 Å². The summed E-state index contributed by atoms with van der Waals surface area (Å²) in [6.45, 7) is 3.43. The molecule has 1 aliphatic carbocycles. The Morgan fingerprint density at radius 2 is 1.95 bits per heavy atom. The molecule has 37 heavy (non-hydrogen) atoms. The van der Waals surface area contributed by atoms with E-state index in [1.165, 1.54) is 12.6 Å². The van der Waals surface area contributed by atoms with Gasteiger partial charge in [0.1, 0.15) is 5.15 Å². The van der Waals surface area contributed by atoms with Crippen LogP contribution in [0.2, 0.25) is 5.15 Å². The molecule has 1 aromatic rings. The maximum absolute atomic E-state index is 13.3. The van der Waals surface area contributed by atoms with Crippen LogP contribution in [0.3, 0.4) is 0 Å². The highest BCUT2D eigenvalue weighted by Gasteiger charge is 2.37. The van der Waals surface area contributed by atoms with Gasteiger partial charge in [-0.05, 0) is 42.7 Å². The number of aliphatic imine (C=N–C) groups is 1. The van der Waals surface area contributed by atoms with Crippen LogP contribution in [0.25, 0.3) is 0 Å². The molecule has 0 unspecified atom stereocenters. The third-order valence-corrected chi connectivity index (χ3v) is 8.04. The molecule has 0 bridgehead atoms. The van der Waals surface area contributed by atoms with E-state index in [0.29, 0.717) is 43.1 Å². The van der Waals surface area contributed by atoms with Gasteiger partial charge in [-0.15, -0.1) is 0 Å². The number of aromatic nitrogens is 1. The van der Waals surface area contributed by atoms with Crippen LogP contribution in [-0.2, 0) is 14.4 Å². The van der Waals surface area contributed by atoms with Crippen molar-refractivity contribution in [3.8, 4) is 0 Å². The summed E-state index contributed by atoms with van der Waals surface area (Å²) < 4.78 is 0. The number of pyridine rings is 1. The molecule has 10 nitrogen and oxygen atoms in total. The predicted molar refractivity (Wildman–Crippen MR) is 140 cm³/mol. The van der Waals surface area contributed by atoms with E-state index in [-0.39, 0.29) is 29.6 Å². The Labute approximate surface area is 222 Å². The average Bonchev–Trinajstić information content (AvgIpc) is 3.42. The summed E-state index contributed by atoms with van der Waals surface area (Å²) in [5.41, 5.74) is 0.533. The molecule has 11 heteroatoms. The van der Waals surface area contributed by atoms with Gasteiger partial charge < -0.3 is 26.0 Å². The highest BCUT2D eigenvalue weighted by molar-refractivity contribution is 6.29. The number of carboxylic acid groups (broad SMARTS) is 1. The van der Waals surface area contributed by atoms with Crippen molar-refractivity contribution in [2.45, 2.75) is 63.8 Å². The Balaban J connectivity index is 1.30. The lowest BCUT2D eigenvalue weighted by atomic mass is 9.71. The van der Waals surface area contributed by atoms with E-state index in [4.69, 9.17) is 11.6 Å². The van der Waals surface area contributed by atoms with Gasteiger partial charge in [-0.25, -0.2) is 4.98 Å². The molecule has 1 saturated carbocycles. The molecule has 3 heterocycles. The first-order valence-corrected chi connectivity index (χ1v) is 13.6. The quantitative estimate of drug-likeness (QED) is 0.359. The number of halogens is 1. The number of likely N-dealkylation sites (tertiary alicyclic amines) is 1. The largest absolute Gasteiger partial charge is 0.481 e. The lowest BCUT2D eigenvalue weighted by Crippen LogP contribution is -2.48. The number of guanidine groups is 1. The summed E-state index contributed by atoms with van der Waals surface area (Å²) in [4.78, 5) is 48.0. The molecule has 1 aromatic heterocycles. The maximum Gasteiger partial charge on any atom is 0.305 e. The number of aliphatic carboxylic acids is 1. The van der Waals surface area contributed by atoms with E-state index < -0.39 is 12.0 Å². The molecule has 1 atom stereocenters. The van der Waals surface area contributed by atoms with E-state index in [1.54, 1.807) is 12.1 Å². The molecule has 0 aromatic carbocycles. The number of piperidine rings is 1. The van der Waals surface area contributed by atoms with E-state index >= 15 is 0 Å². The van der Waals surface area contributed by atoms with Crippen LogP contribution in [0.15, 0.2) is 23.3 Å². The number of nitrogens with zero attached hydrogens (tertiary/aromatic N) is 3. The summed E-state index contributed by atoms with van der Waals surface area (Å²) in [6, 6.07) is 2.57. The van der Waals surface area contributed by atoms with Crippen LogP contribution in [0.5, 0.6) is 0 Å². The second-order valence-electron chi connectivity index (χ2n) is 10.5. The minimum Gasteiger partial charge on any atom is -0.481 e. The monoisotopic (exact) mass is 532 g/mol. The number of carbonyl (C=O) groups is 3. The van der Waals surface area contributed by atoms with Gasteiger partial charge in [0.15, 0.2) is 5.96 Å². The first-order chi connectivity index (χ1) is 17.8. The van der Waals surface area contributed by atoms with Crippen LogP contribution in [0, 0.1) is 11.3 Å². The van der Waals surface area contributed by atoms with Crippen molar-refractivity contribution in [3.05, 3.63) is 29.0 Å². The topological polar surface area (TPSA) is 136 Å². The zero-order valence-electron chi connectivity index (χ0n) is 21.2. The molecule has 2 aliphatic heterocycles. The van der Waals surface area contributed by atoms with Crippen molar-refractivity contribution in [3.63, 3.8) is 0 Å². The lowest BCUT2D eigenvalue weighted by Gasteiger charge is -2.40. The third-order valence-electron chi connectivity index (χ3n) is 7.81. The van der Waals surface area contributed by atoms with E-state index in [0.717, 1.165) is 51.3 Å². The number of amides is 2. The van der Waals surface area contributed by atoms with Crippen LogP contribution < -0.4 is 16.0 Å². The average molecular weight is 533 g/mol. The van der Waals surface area contributed by atoms with Crippen LogP contribution in [0.4, 0.5) is 0 Å². The molecule has 3 aliphatic rings. The fourth-order valence-corrected chi connectivity index (χ4v) is 5.75. The predicted octanol–water partition coefficient (Wildman–Crippen LogP) is 2.50. The first-order valence-electron chi connectivity index (χ1n) is 13.3. The van der Waals surface area contributed by atoms with Crippen molar-refractivity contribution in [2.24, 2.45) is 16.3 Å². The number of carbonyl (C=O) groups excluding carboxylic acids is 2. The molecule has 4 rings (SSSR count). The second-order valence-corrected chi connectivity index (χ2v) is 10.9. The normalized spacial score (nSPS) is 20.5.